The Labute approximate surface area is 317 Å². The quantitative estimate of drug-likeness (QED) is 0.139. The highest BCUT2D eigenvalue weighted by molar-refractivity contribution is 6.07. The zero-order valence-corrected chi connectivity index (χ0v) is 34.2. The zero-order valence-electron chi connectivity index (χ0n) is 34.2. The molecule has 0 amide bonds. The van der Waals surface area contributed by atoms with E-state index in [1.807, 2.05) is 73.6 Å². The van der Waals surface area contributed by atoms with Crippen molar-refractivity contribution in [2.45, 2.75) is 83.1 Å². The lowest BCUT2D eigenvalue weighted by Crippen LogP contribution is -1.78. The van der Waals surface area contributed by atoms with Crippen LogP contribution < -0.4 is 0 Å². The van der Waals surface area contributed by atoms with Crippen molar-refractivity contribution in [1.29, 1.82) is 0 Å². The average Bonchev–Trinajstić information content (AvgIpc) is 3.22. The molecule has 52 heavy (non-hydrogen) atoms. The van der Waals surface area contributed by atoms with Crippen LogP contribution in [0, 0.1) is 27.7 Å². The summed E-state index contributed by atoms with van der Waals surface area (Å²) in [5.74, 6) is 0. The van der Waals surface area contributed by atoms with Crippen LogP contribution in [-0.4, -0.2) is 0 Å². The predicted molar refractivity (Wildman–Crippen MR) is 240 cm³/mol. The average molecular weight is 689 g/mol. The molecule has 0 heteroatoms. The van der Waals surface area contributed by atoms with E-state index < -0.39 is 0 Å². The molecule has 0 N–H and O–H groups in total. The van der Waals surface area contributed by atoms with E-state index in [0.717, 1.165) is 0 Å². The summed E-state index contributed by atoms with van der Waals surface area (Å²) in [7, 11) is 0. The van der Waals surface area contributed by atoms with Crippen molar-refractivity contribution in [3.63, 3.8) is 0 Å². The summed E-state index contributed by atoms with van der Waals surface area (Å²) in [4.78, 5) is 0. The van der Waals surface area contributed by atoms with Gasteiger partial charge in [0.1, 0.15) is 0 Å². The third-order valence-electron chi connectivity index (χ3n) is 7.76. The lowest BCUT2D eigenvalue weighted by atomic mass is 10.0. The lowest BCUT2D eigenvalue weighted by molar-refractivity contribution is 1.48. The van der Waals surface area contributed by atoms with Gasteiger partial charge >= 0.3 is 0 Å². The maximum absolute atomic E-state index is 2.26. The van der Waals surface area contributed by atoms with E-state index in [0.29, 0.717) is 0 Å². The van der Waals surface area contributed by atoms with Gasteiger partial charge in [-0.1, -0.05) is 242 Å². The number of benzene rings is 8. The van der Waals surface area contributed by atoms with Crippen LogP contribution in [-0.2, 0) is 0 Å². The van der Waals surface area contributed by atoms with Gasteiger partial charge in [-0.2, -0.15) is 0 Å². The second-order valence-electron chi connectivity index (χ2n) is 11.3. The molecule has 8 aromatic carbocycles. The highest BCUT2D eigenvalue weighted by Crippen LogP contribution is 2.26. The second-order valence-corrected chi connectivity index (χ2v) is 11.3. The Kier molecular flexibility index (Phi) is 22.9. The molecule has 0 fully saturated rings. The summed E-state index contributed by atoms with van der Waals surface area (Å²) < 4.78 is 0. The molecule has 0 atom stereocenters. The first-order valence-corrected chi connectivity index (χ1v) is 19.3. The summed E-state index contributed by atoms with van der Waals surface area (Å²) in [6, 6.07) is 59.5. The fraction of sp³-hybridized carbons (Fsp3) is 0.231. The van der Waals surface area contributed by atoms with Crippen molar-refractivity contribution in [1.82, 2.24) is 0 Å². The third kappa shape index (κ3) is 14.6. The van der Waals surface area contributed by atoms with E-state index in [4.69, 9.17) is 0 Å². The van der Waals surface area contributed by atoms with E-state index in [2.05, 4.69) is 179 Å². The van der Waals surface area contributed by atoms with E-state index >= 15 is 0 Å². The SMILES string of the molecule is CC.CC.CC.CC.Cc1ccc2ccc3ccccc3c2c1.Cc1ccc2ccccc2c1.Cc1cccc2ccccc12.Cc1ccccc1. The van der Waals surface area contributed by atoms with Gasteiger partial charge in [0.2, 0.25) is 0 Å². The van der Waals surface area contributed by atoms with Crippen LogP contribution in [0.3, 0.4) is 0 Å². The first-order valence-electron chi connectivity index (χ1n) is 19.3. The van der Waals surface area contributed by atoms with Crippen molar-refractivity contribution in [3.8, 4) is 0 Å². The smallest absolute Gasteiger partial charge is 0.0103 e. The van der Waals surface area contributed by atoms with Crippen LogP contribution in [0.5, 0.6) is 0 Å². The largest absolute Gasteiger partial charge is 0.0683 e. The molecule has 0 aliphatic heterocycles. The molecule has 0 bridgehead atoms. The molecule has 0 saturated heterocycles. The van der Waals surface area contributed by atoms with Crippen LogP contribution in [0.25, 0.3) is 43.1 Å². The van der Waals surface area contributed by atoms with Crippen LogP contribution in [0.15, 0.2) is 170 Å². The third-order valence-corrected chi connectivity index (χ3v) is 7.76. The molecule has 0 aliphatic rings. The van der Waals surface area contributed by atoms with Crippen LogP contribution in [0.1, 0.15) is 77.6 Å². The standard InChI is InChI=1S/C15H12.2C11H10.C7H8.4C2H6/c1-11-6-7-13-9-8-12-4-2-3-5-14(12)15(13)10-11;1-9-5-4-7-10-6-2-3-8-11(9)10;1-9-6-7-10-4-2-3-5-11(10)8-9;1-7-5-3-2-4-6-7;4*1-2/h2-10H,1H3;2*2-8H,1H3;2-6H,1H3;4*1-2H3. The molecule has 272 valence electrons. The zero-order chi connectivity index (χ0) is 38.7. The second kappa shape index (κ2) is 26.6. The van der Waals surface area contributed by atoms with Crippen molar-refractivity contribution in [3.05, 3.63) is 192 Å². The predicted octanol–water partition coefficient (Wildman–Crippen LogP) is 16.7. The van der Waals surface area contributed by atoms with Gasteiger partial charge in [0.05, 0.1) is 0 Å². The first-order chi connectivity index (χ1) is 25.5. The highest BCUT2D eigenvalue weighted by atomic mass is 14.0. The van der Waals surface area contributed by atoms with Gasteiger partial charge in [0.15, 0.2) is 0 Å². The summed E-state index contributed by atoms with van der Waals surface area (Å²) in [6.45, 7) is 24.5. The monoisotopic (exact) mass is 689 g/mol. The summed E-state index contributed by atoms with van der Waals surface area (Å²) in [6.07, 6.45) is 0. The maximum Gasteiger partial charge on any atom is -0.0103 e. The number of aryl methyl sites for hydroxylation is 4. The van der Waals surface area contributed by atoms with Crippen molar-refractivity contribution in [2.75, 3.05) is 0 Å². The molecular weight excluding hydrogens is 625 g/mol. The van der Waals surface area contributed by atoms with Gasteiger partial charge in [0, 0.05) is 0 Å². The molecule has 0 nitrogen and oxygen atoms in total. The van der Waals surface area contributed by atoms with E-state index in [9.17, 15) is 0 Å². The number of rotatable bonds is 0. The molecule has 0 radical (unpaired) electrons. The molecular formula is C52H64. The molecule has 8 aromatic rings. The Morgan fingerprint density at radius 1 is 0.231 bits per heavy atom. The van der Waals surface area contributed by atoms with E-state index in [-0.39, 0.29) is 0 Å². The van der Waals surface area contributed by atoms with E-state index in [1.165, 1.54) is 65.3 Å². The molecule has 0 spiro atoms. The molecule has 0 heterocycles. The fourth-order valence-corrected chi connectivity index (χ4v) is 5.35. The van der Waals surface area contributed by atoms with Crippen molar-refractivity contribution < 1.29 is 0 Å². The van der Waals surface area contributed by atoms with Crippen molar-refractivity contribution in [2.24, 2.45) is 0 Å². The Hall–Kier alpha value is -5.20. The summed E-state index contributed by atoms with van der Waals surface area (Å²) in [5, 5.41) is 10.7. The van der Waals surface area contributed by atoms with Crippen molar-refractivity contribution >= 4 is 43.1 Å². The summed E-state index contributed by atoms with van der Waals surface area (Å²) >= 11 is 0. The highest BCUT2D eigenvalue weighted by Gasteiger charge is 1.99. The molecule has 0 unspecified atom stereocenters. The van der Waals surface area contributed by atoms with Gasteiger partial charge < -0.3 is 0 Å². The first kappa shape index (κ1) is 44.8. The summed E-state index contributed by atoms with van der Waals surface area (Å²) in [5.41, 5.74) is 5.31. The number of hydrogen-bond acceptors (Lipinski definition) is 0. The Morgan fingerprint density at radius 3 is 1.15 bits per heavy atom. The molecule has 0 saturated carbocycles. The van der Waals surface area contributed by atoms with Gasteiger partial charge in [-0.15, -0.1) is 0 Å². The number of hydrogen-bond donors (Lipinski definition) is 0. The van der Waals surface area contributed by atoms with Crippen LogP contribution >= 0.6 is 0 Å². The van der Waals surface area contributed by atoms with Crippen LogP contribution in [0.2, 0.25) is 0 Å². The minimum atomic E-state index is 1.32. The van der Waals surface area contributed by atoms with Crippen LogP contribution in [0.4, 0.5) is 0 Å². The Bertz CT molecular complexity index is 2090. The topological polar surface area (TPSA) is 0 Å². The molecule has 8 rings (SSSR count). The Morgan fingerprint density at radius 2 is 0.615 bits per heavy atom. The number of fused-ring (bicyclic) bond motifs is 5. The van der Waals surface area contributed by atoms with Gasteiger partial charge in [-0.25, -0.2) is 0 Å². The lowest BCUT2D eigenvalue weighted by Gasteiger charge is -2.04. The minimum absolute atomic E-state index is 1.32. The van der Waals surface area contributed by atoms with Gasteiger partial charge in [-0.05, 0) is 76.3 Å². The Balaban J connectivity index is 0.000000333. The maximum atomic E-state index is 2.26. The minimum Gasteiger partial charge on any atom is -0.0683 e. The fourth-order valence-electron chi connectivity index (χ4n) is 5.35. The molecule has 0 aliphatic carbocycles. The normalized spacial score (nSPS) is 9.15. The molecule has 0 aromatic heterocycles. The van der Waals surface area contributed by atoms with Gasteiger partial charge in [0.25, 0.3) is 0 Å². The van der Waals surface area contributed by atoms with Gasteiger partial charge in [-0.3, -0.25) is 0 Å². The van der Waals surface area contributed by atoms with E-state index in [1.54, 1.807) is 0 Å².